The fourth-order valence-electron chi connectivity index (χ4n) is 4.00. The topological polar surface area (TPSA) is 54.2 Å². The predicted octanol–water partition coefficient (Wildman–Crippen LogP) is 3.84. The van der Waals surface area contributed by atoms with Gasteiger partial charge in [-0.1, -0.05) is 18.2 Å². The number of hydrogen-bond acceptors (Lipinski definition) is 4. The van der Waals surface area contributed by atoms with Gasteiger partial charge in [0, 0.05) is 24.5 Å². The summed E-state index contributed by atoms with van der Waals surface area (Å²) >= 11 is 0. The third kappa shape index (κ3) is 3.51. The molecule has 5 nitrogen and oxygen atoms in total. The molecule has 8 heteroatoms. The van der Waals surface area contributed by atoms with Crippen molar-refractivity contribution >= 4 is 21.9 Å². The van der Waals surface area contributed by atoms with Crippen LogP contribution in [0.15, 0.2) is 30.5 Å². The van der Waals surface area contributed by atoms with E-state index in [9.17, 15) is 18.3 Å². The molecule has 144 valence electrons. The minimum Gasteiger partial charge on any atom is -0.385 e. The fourth-order valence-corrected chi connectivity index (χ4v) is 4.00. The fraction of sp³-hybridized carbons (Fsp3) is 0.474. The SMILES string of the molecule is C[C@@H](O)c1nc2cnc3ccccc3c2n1C1CCN(CC(F)(F)F)CC1. The van der Waals surface area contributed by atoms with Crippen LogP contribution in [0.3, 0.4) is 0 Å². The van der Waals surface area contributed by atoms with Crippen LogP contribution in [-0.2, 0) is 0 Å². The van der Waals surface area contributed by atoms with Gasteiger partial charge in [0.25, 0.3) is 0 Å². The van der Waals surface area contributed by atoms with Crippen LogP contribution in [0.1, 0.15) is 37.7 Å². The Kier molecular flexibility index (Phi) is 4.55. The Bertz CT molecular complexity index is 959. The summed E-state index contributed by atoms with van der Waals surface area (Å²) in [4.78, 5) is 10.4. The Morgan fingerprint density at radius 1 is 1.19 bits per heavy atom. The van der Waals surface area contributed by atoms with Crippen LogP contribution in [0, 0.1) is 0 Å². The van der Waals surface area contributed by atoms with E-state index in [1.807, 2.05) is 28.8 Å². The van der Waals surface area contributed by atoms with Crippen molar-refractivity contribution in [3.63, 3.8) is 0 Å². The van der Waals surface area contributed by atoms with Crippen LogP contribution in [0.25, 0.3) is 21.9 Å². The molecular formula is C19H21F3N4O. The average molecular weight is 378 g/mol. The van der Waals surface area contributed by atoms with Gasteiger partial charge in [0.15, 0.2) is 0 Å². The quantitative estimate of drug-likeness (QED) is 0.753. The van der Waals surface area contributed by atoms with Gasteiger partial charge in [-0.3, -0.25) is 9.88 Å². The van der Waals surface area contributed by atoms with Crippen molar-refractivity contribution in [1.82, 2.24) is 19.4 Å². The summed E-state index contributed by atoms with van der Waals surface area (Å²) < 4.78 is 40.0. The van der Waals surface area contributed by atoms with E-state index in [1.54, 1.807) is 13.1 Å². The molecular weight excluding hydrogens is 357 g/mol. The molecule has 0 aliphatic carbocycles. The Balaban J connectivity index is 1.74. The van der Waals surface area contributed by atoms with Gasteiger partial charge in [0.1, 0.15) is 17.4 Å². The number of rotatable bonds is 3. The van der Waals surface area contributed by atoms with Gasteiger partial charge < -0.3 is 9.67 Å². The molecule has 0 radical (unpaired) electrons. The van der Waals surface area contributed by atoms with Gasteiger partial charge in [-0.05, 0) is 25.8 Å². The number of benzene rings is 1. The number of nitrogens with zero attached hydrogens (tertiary/aromatic N) is 4. The zero-order valence-electron chi connectivity index (χ0n) is 14.9. The molecule has 2 aromatic heterocycles. The van der Waals surface area contributed by atoms with Crippen LogP contribution in [0.5, 0.6) is 0 Å². The molecule has 1 atom stereocenters. The third-order valence-electron chi connectivity index (χ3n) is 5.15. The number of aliphatic hydroxyl groups excluding tert-OH is 1. The molecule has 1 aliphatic heterocycles. The molecule has 1 saturated heterocycles. The number of hydrogen-bond donors (Lipinski definition) is 1. The van der Waals surface area contributed by atoms with Crippen molar-refractivity contribution in [3.8, 4) is 0 Å². The van der Waals surface area contributed by atoms with Gasteiger partial charge in [-0.15, -0.1) is 0 Å². The van der Waals surface area contributed by atoms with E-state index in [0.717, 1.165) is 16.4 Å². The zero-order valence-corrected chi connectivity index (χ0v) is 14.9. The minimum absolute atomic E-state index is 0.00473. The normalized spacial score (nSPS) is 18.4. The molecule has 1 N–H and O–H groups in total. The number of alkyl halides is 3. The molecule has 0 bridgehead atoms. The van der Waals surface area contributed by atoms with Crippen molar-refractivity contribution in [2.75, 3.05) is 19.6 Å². The monoisotopic (exact) mass is 378 g/mol. The smallest absolute Gasteiger partial charge is 0.385 e. The van der Waals surface area contributed by atoms with E-state index in [1.165, 1.54) is 4.90 Å². The van der Waals surface area contributed by atoms with Gasteiger partial charge >= 0.3 is 6.18 Å². The van der Waals surface area contributed by atoms with Crippen molar-refractivity contribution in [2.24, 2.45) is 0 Å². The second kappa shape index (κ2) is 6.76. The lowest BCUT2D eigenvalue weighted by Crippen LogP contribution is -2.40. The Labute approximate surface area is 154 Å². The van der Waals surface area contributed by atoms with Crippen molar-refractivity contribution < 1.29 is 18.3 Å². The molecule has 0 saturated carbocycles. The Hall–Kier alpha value is -2.19. The van der Waals surface area contributed by atoms with Gasteiger partial charge in [0.2, 0.25) is 0 Å². The first kappa shape index (κ1) is 18.2. The molecule has 1 aliphatic rings. The first-order valence-corrected chi connectivity index (χ1v) is 9.06. The average Bonchev–Trinajstić information content (AvgIpc) is 3.01. The number of fused-ring (bicyclic) bond motifs is 3. The van der Waals surface area contributed by atoms with Crippen LogP contribution in [-0.4, -0.2) is 50.4 Å². The van der Waals surface area contributed by atoms with E-state index in [4.69, 9.17) is 0 Å². The van der Waals surface area contributed by atoms with Crippen molar-refractivity contribution in [3.05, 3.63) is 36.3 Å². The molecule has 3 aromatic rings. The highest BCUT2D eigenvalue weighted by atomic mass is 19.4. The second-order valence-corrected chi connectivity index (χ2v) is 7.15. The van der Waals surface area contributed by atoms with Gasteiger partial charge in [-0.25, -0.2) is 4.98 Å². The number of para-hydroxylation sites is 1. The van der Waals surface area contributed by atoms with E-state index >= 15 is 0 Å². The summed E-state index contributed by atoms with van der Waals surface area (Å²) in [7, 11) is 0. The zero-order chi connectivity index (χ0) is 19.2. The molecule has 4 rings (SSSR count). The summed E-state index contributed by atoms with van der Waals surface area (Å²) in [6.45, 7) is 1.52. The van der Waals surface area contributed by atoms with Gasteiger partial charge in [0.05, 0.1) is 23.8 Å². The highest BCUT2D eigenvalue weighted by molar-refractivity contribution is 6.02. The number of aliphatic hydroxyl groups is 1. The number of imidazole rings is 1. The highest BCUT2D eigenvalue weighted by Crippen LogP contribution is 2.34. The highest BCUT2D eigenvalue weighted by Gasteiger charge is 2.34. The maximum atomic E-state index is 12.7. The lowest BCUT2D eigenvalue weighted by Gasteiger charge is -2.34. The number of piperidine rings is 1. The molecule has 1 aromatic carbocycles. The number of aromatic nitrogens is 3. The van der Waals surface area contributed by atoms with E-state index in [0.29, 0.717) is 37.3 Å². The molecule has 3 heterocycles. The largest absolute Gasteiger partial charge is 0.401 e. The minimum atomic E-state index is -4.18. The maximum Gasteiger partial charge on any atom is 0.401 e. The van der Waals surface area contributed by atoms with Crippen LogP contribution >= 0.6 is 0 Å². The van der Waals surface area contributed by atoms with E-state index < -0.39 is 18.8 Å². The Morgan fingerprint density at radius 3 is 2.56 bits per heavy atom. The van der Waals surface area contributed by atoms with E-state index in [2.05, 4.69) is 9.97 Å². The lowest BCUT2D eigenvalue weighted by atomic mass is 10.0. The lowest BCUT2D eigenvalue weighted by molar-refractivity contribution is -0.148. The maximum absolute atomic E-state index is 12.7. The third-order valence-corrected chi connectivity index (χ3v) is 5.15. The summed E-state index contributed by atoms with van der Waals surface area (Å²) in [5.74, 6) is 0.539. The summed E-state index contributed by atoms with van der Waals surface area (Å²) in [5.41, 5.74) is 2.42. The predicted molar refractivity (Wildman–Crippen MR) is 96.4 cm³/mol. The standard InChI is InChI=1S/C19H21F3N4O/c1-12(27)18-24-16-10-23-15-5-3-2-4-14(15)17(16)26(18)13-6-8-25(9-7-13)11-19(20,21)22/h2-5,10,12-13,27H,6-9,11H2,1H3/t12-/m1/s1. The summed E-state index contributed by atoms with van der Waals surface area (Å²) in [6.07, 6.45) is -2.10. The molecule has 1 fully saturated rings. The molecule has 0 unspecified atom stereocenters. The van der Waals surface area contributed by atoms with Crippen LogP contribution in [0.2, 0.25) is 0 Å². The molecule has 27 heavy (non-hydrogen) atoms. The van der Waals surface area contributed by atoms with Crippen LogP contribution < -0.4 is 0 Å². The number of halogens is 3. The summed E-state index contributed by atoms with van der Waals surface area (Å²) in [6, 6.07) is 7.71. The van der Waals surface area contributed by atoms with Crippen molar-refractivity contribution in [1.29, 1.82) is 0 Å². The van der Waals surface area contributed by atoms with E-state index in [-0.39, 0.29) is 6.04 Å². The van der Waals surface area contributed by atoms with Crippen LogP contribution in [0.4, 0.5) is 13.2 Å². The van der Waals surface area contributed by atoms with Crippen molar-refractivity contribution in [2.45, 2.75) is 38.1 Å². The molecule has 0 amide bonds. The summed E-state index contributed by atoms with van der Waals surface area (Å²) in [5, 5.41) is 11.2. The first-order valence-electron chi connectivity index (χ1n) is 9.06. The van der Waals surface area contributed by atoms with Gasteiger partial charge in [-0.2, -0.15) is 13.2 Å². The molecule has 0 spiro atoms. The first-order chi connectivity index (χ1) is 12.8. The number of pyridine rings is 1. The second-order valence-electron chi connectivity index (χ2n) is 7.15. The number of likely N-dealkylation sites (tertiary alicyclic amines) is 1. The Morgan fingerprint density at radius 2 is 1.89 bits per heavy atom.